The van der Waals surface area contributed by atoms with E-state index in [9.17, 15) is 9.18 Å². The molecule has 25 heavy (non-hydrogen) atoms. The summed E-state index contributed by atoms with van der Waals surface area (Å²) >= 11 is 11.8. The number of benzene rings is 1. The van der Waals surface area contributed by atoms with Gasteiger partial charge in [0.2, 0.25) is 5.95 Å². The molecule has 2 heterocycles. The number of nitrogens with zero attached hydrogens (tertiary/aromatic N) is 3. The third-order valence-corrected chi connectivity index (χ3v) is 4.44. The largest absolute Gasteiger partial charge is 0.378 e. The minimum Gasteiger partial charge on any atom is -0.378 e. The Hall–Kier alpha value is -1.96. The zero-order valence-electron chi connectivity index (χ0n) is 13.1. The van der Waals surface area contributed by atoms with Gasteiger partial charge in [-0.1, -0.05) is 23.2 Å². The highest BCUT2D eigenvalue weighted by molar-refractivity contribution is 6.42. The minimum absolute atomic E-state index is 0.0362. The number of morpholine rings is 1. The number of hydrogen-bond acceptors (Lipinski definition) is 5. The summed E-state index contributed by atoms with van der Waals surface area (Å²) in [7, 11) is 0. The summed E-state index contributed by atoms with van der Waals surface area (Å²) in [5.74, 6) is -0.124. The van der Waals surface area contributed by atoms with Crippen molar-refractivity contribution in [3.05, 3.63) is 45.7 Å². The number of carbonyl (C=O) groups excluding carboxylic acids is 1. The first-order valence-corrected chi connectivity index (χ1v) is 8.35. The first-order chi connectivity index (χ1) is 12.1. The molecular weight excluding hydrogens is 370 g/mol. The van der Waals surface area contributed by atoms with Gasteiger partial charge in [-0.25, -0.2) is 14.4 Å². The van der Waals surface area contributed by atoms with Gasteiger partial charge in [0.15, 0.2) is 0 Å². The van der Waals surface area contributed by atoms with Crippen molar-refractivity contribution in [2.75, 3.05) is 31.6 Å². The van der Waals surface area contributed by atoms with E-state index in [4.69, 9.17) is 27.9 Å². The van der Waals surface area contributed by atoms with E-state index in [-0.39, 0.29) is 23.1 Å². The summed E-state index contributed by atoms with van der Waals surface area (Å²) in [6, 6.07) is 4.92. The van der Waals surface area contributed by atoms with E-state index in [1.54, 1.807) is 23.1 Å². The average molecular weight is 385 g/mol. The molecule has 1 aliphatic rings. The molecule has 0 bridgehead atoms. The number of nitrogens with one attached hydrogen (secondary N) is 1. The van der Waals surface area contributed by atoms with E-state index in [2.05, 4.69) is 15.3 Å². The fourth-order valence-electron chi connectivity index (χ4n) is 2.40. The van der Waals surface area contributed by atoms with Crippen LogP contribution < -0.4 is 5.32 Å². The summed E-state index contributed by atoms with van der Waals surface area (Å²) in [6.07, 6.45) is 1.33. The molecule has 9 heteroatoms. The zero-order valence-corrected chi connectivity index (χ0v) is 14.6. The molecule has 0 radical (unpaired) electrons. The van der Waals surface area contributed by atoms with Crippen molar-refractivity contribution in [3.63, 3.8) is 0 Å². The van der Waals surface area contributed by atoms with Gasteiger partial charge in [0.05, 0.1) is 34.5 Å². The van der Waals surface area contributed by atoms with Crippen LogP contribution in [-0.4, -0.2) is 47.1 Å². The lowest BCUT2D eigenvalue weighted by molar-refractivity contribution is 0.0301. The first kappa shape index (κ1) is 17.8. The van der Waals surface area contributed by atoms with Crippen molar-refractivity contribution in [1.29, 1.82) is 0 Å². The predicted molar refractivity (Wildman–Crippen MR) is 93.3 cm³/mol. The van der Waals surface area contributed by atoms with Crippen LogP contribution >= 0.6 is 23.2 Å². The molecule has 132 valence electrons. The predicted octanol–water partition coefficient (Wildman–Crippen LogP) is 3.47. The van der Waals surface area contributed by atoms with Crippen LogP contribution in [0.5, 0.6) is 0 Å². The monoisotopic (exact) mass is 384 g/mol. The number of ether oxygens (including phenoxy) is 1. The quantitative estimate of drug-likeness (QED) is 0.873. The van der Waals surface area contributed by atoms with Gasteiger partial charge in [0.1, 0.15) is 6.67 Å². The number of anilines is 2. The van der Waals surface area contributed by atoms with Crippen molar-refractivity contribution in [3.8, 4) is 0 Å². The molecule has 1 aromatic carbocycles. The van der Waals surface area contributed by atoms with Gasteiger partial charge >= 0.3 is 0 Å². The van der Waals surface area contributed by atoms with E-state index in [0.29, 0.717) is 42.0 Å². The number of rotatable bonds is 4. The lowest BCUT2D eigenvalue weighted by atomic mass is 10.2. The second-order valence-corrected chi connectivity index (χ2v) is 6.16. The van der Waals surface area contributed by atoms with Gasteiger partial charge in [0.25, 0.3) is 5.91 Å². The third-order valence-electron chi connectivity index (χ3n) is 3.70. The van der Waals surface area contributed by atoms with Crippen molar-refractivity contribution in [2.24, 2.45) is 0 Å². The molecule has 0 aliphatic carbocycles. The fraction of sp³-hybridized carbons (Fsp3) is 0.312. The molecule has 1 aliphatic heterocycles. The first-order valence-electron chi connectivity index (χ1n) is 7.59. The molecule has 1 fully saturated rings. The lowest BCUT2D eigenvalue weighted by Crippen LogP contribution is -2.41. The van der Waals surface area contributed by atoms with Crippen molar-refractivity contribution in [1.82, 2.24) is 14.9 Å². The highest BCUT2D eigenvalue weighted by Gasteiger charge is 2.22. The molecule has 1 aromatic heterocycles. The van der Waals surface area contributed by atoms with E-state index in [0.717, 1.165) is 0 Å². The number of hydrogen-bond donors (Lipinski definition) is 1. The smallest absolute Gasteiger partial charge is 0.257 e. The second kappa shape index (κ2) is 7.95. The van der Waals surface area contributed by atoms with Gasteiger partial charge in [-0.05, 0) is 18.2 Å². The summed E-state index contributed by atoms with van der Waals surface area (Å²) < 4.78 is 18.6. The molecule has 3 rings (SSSR count). The molecule has 1 N–H and O–H groups in total. The molecule has 6 nitrogen and oxygen atoms in total. The molecule has 0 saturated carbocycles. The van der Waals surface area contributed by atoms with E-state index in [1.165, 1.54) is 6.20 Å². The molecule has 1 amide bonds. The lowest BCUT2D eigenvalue weighted by Gasteiger charge is -2.27. The van der Waals surface area contributed by atoms with E-state index in [1.807, 2.05) is 0 Å². The normalized spacial score (nSPS) is 14.4. The number of halogens is 3. The van der Waals surface area contributed by atoms with Gasteiger partial charge < -0.3 is 15.0 Å². The van der Waals surface area contributed by atoms with Crippen LogP contribution in [0.4, 0.5) is 16.0 Å². The van der Waals surface area contributed by atoms with Gasteiger partial charge in [-0.15, -0.1) is 0 Å². The summed E-state index contributed by atoms with van der Waals surface area (Å²) in [4.78, 5) is 22.3. The Morgan fingerprint density at radius 1 is 1.28 bits per heavy atom. The molecule has 0 unspecified atom stereocenters. The van der Waals surface area contributed by atoms with Crippen LogP contribution in [0.25, 0.3) is 0 Å². The number of amides is 1. The Kier molecular flexibility index (Phi) is 5.67. The van der Waals surface area contributed by atoms with Gasteiger partial charge in [-0.3, -0.25) is 4.79 Å². The third kappa shape index (κ3) is 4.18. The van der Waals surface area contributed by atoms with Crippen LogP contribution in [0.1, 0.15) is 16.1 Å². The SMILES string of the molecule is O=C(c1cnc(Nc2ccc(Cl)c(Cl)c2)nc1CF)N1CCOCC1. The van der Waals surface area contributed by atoms with Crippen LogP contribution in [-0.2, 0) is 11.4 Å². The standard InChI is InChI=1S/C16H15Cl2FN4O2/c17-12-2-1-10(7-13(12)18)21-16-20-9-11(14(8-19)22-16)15(24)23-3-5-25-6-4-23/h1-2,7,9H,3-6,8H2,(H,20,21,22). The van der Waals surface area contributed by atoms with E-state index >= 15 is 0 Å². The molecule has 2 aromatic rings. The molecule has 0 spiro atoms. The molecule has 1 saturated heterocycles. The Labute approximate surface area is 153 Å². The van der Waals surface area contributed by atoms with Crippen LogP contribution in [0.15, 0.2) is 24.4 Å². The maximum Gasteiger partial charge on any atom is 0.257 e. The van der Waals surface area contributed by atoms with E-state index < -0.39 is 6.67 Å². The fourth-order valence-corrected chi connectivity index (χ4v) is 2.70. The Balaban J connectivity index is 1.81. The Morgan fingerprint density at radius 3 is 2.72 bits per heavy atom. The minimum atomic E-state index is -0.871. The summed E-state index contributed by atoms with van der Waals surface area (Å²) in [5, 5.41) is 3.71. The van der Waals surface area contributed by atoms with Crippen molar-refractivity contribution < 1.29 is 13.9 Å². The maximum absolute atomic E-state index is 13.4. The Morgan fingerprint density at radius 2 is 2.04 bits per heavy atom. The highest BCUT2D eigenvalue weighted by atomic mass is 35.5. The summed E-state index contributed by atoms with van der Waals surface area (Å²) in [5.41, 5.74) is 0.796. The van der Waals surface area contributed by atoms with Gasteiger partial charge in [0, 0.05) is 25.0 Å². The zero-order chi connectivity index (χ0) is 17.8. The molecular formula is C16H15Cl2FN4O2. The average Bonchev–Trinajstić information content (AvgIpc) is 2.65. The van der Waals surface area contributed by atoms with Crippen LogP contribution in [0.2, 0.25) is 10.0 Å². The second-order valence-electron chi connectivity index (χ2n) is 5.35. The summed E-state index contributed by atoms with van der Waals surface area (Å²) in [6.45, 7) is 0.995. The number of carbonyl (C=O) groups is 1. The van der Waals surface area contributed by atoms with Crippen molar-refractivity contribution >= 4 is 40.7 Å². The maximum atomic E-state index is 13.4. The number of alkyl halides is 1. The van der Waals surface area contributed by atoms with Gasteiger partial charge in [-0.2, -0.15) is 0 Å². The molecule has 0 atom stereocenters. The number of aromatic nitrogens is 2. The Bertz CT molecular complexity index is 785. The highest BCUT2D eigenvalue weighted by Crippen LogP contribution is 2.26. The topological polar surface area (TPSA) is 67.4 Å². The van der Waals surface area contributed by atoms with Crippen LogP contribution in [0, 0.1) is 0 Å². The van der Waals surface area contributed by atoms with Crippen molar-refractivity contribution in [2.45, 2.75) is 6.67 Å². The van der Waals surface area contributed by atoms with Crippen LogP contribution in [0.3, 0.4) is 0 Å².